The van der Waals surface area contributed by atoms with Crippen LogP contribution in [0.1, 0.15) is 34.2 Å². The first-order valence-corrected chi connectivity index (χ1v) is 13.4. The Bertz CT molecular complexity index is 1430. The van der Waals surface area contributed by atoms with Gasteiger partial charge in [-0.3, -0.25) is 0 Å². The van der Waals surface area contributed by atoms with Gasteiger partial charge < -0.3 is 18.9 Å². The second-order valence-corrected chi connectivity index (χ2v) is 9.81. The van der Waals surface area contributed by atoms with E-state index in [2.05, 4.69) is 60.2 Å². The van der Waals surface area contributed by atoms with Gasteiger partial charge in [-0.1, -0.05) is 66.7 Å². The van der Waals surface area contributed by atoms with Crippen LogP contribution in [-0.4, -0.2) is 38.1 Å². The van der Waals surface area contributed by atoms with Crippen LogP contribution in [0.2, 0.25) is 0 Å². The summed E-state index contributed by atoms with van der Waals surface area (Å²) in [6, 6.07) is 30.9. The summed E-state index contributed by atoms with van der Waals surface area (Å²) >= 11 is 0. The highest BCUT2D eigenvalue weighted by Gasteiger charge is 2.26. The Balaban J connectivity index is 1.31. The van der Waals surface area contributed by atoms with Gasteiger partial charge in [0, 0.05) is 18.4 Å². The lowest BCUT2D eigenvalue weighted by Crippen LogP contribution is -2.28. The van der Waals surface area contributed by atoms with Crippen molar-refractivity contribution in [3.8, 4) is 23.0 Å². The molecule has 0 unspecified atom stereocenters. The molecule has 0 saturated heterocycles. The molecule has 0 atom stereocenters. The number of hydrogen-bond donors (Lipinski definition) is 0. The van der Waals surface area contributed by atoms with Crippen molar-refractivity contribution in [3.63, 3.8) is 0 Å². The molecule has 1 aliphatic heterocycles. The van der Waals surface area contributed by atoms with E-state index in [1.807, 2.05) is 42.5 Å². The zero-order valence-corrected chi connectivity index (χ0v) is 23.0. The molecule has 39 heavy (non-hydrogen) atoms. The molecule has 5 nitrogen and oxygen atoms in total. The van der Waals surface area contributed by atoms with Crippen LogP contribution < -0.4 is 18.9 Å². The number of benzene rings is 4. The van der Waals surface area contributed by atoms with Crippen molar-refractivity contribution in [2.24, 2.45) is 0 Å². The van der Waals surface area contributed by atoms with Gasteiger partial charge in [0.15, 0.2) is 28.7 Å². The van der Waals surface area contributed by atoms with Gasteiger partial charge in [-0.05, 0) is 52.9 Å². The maximum atomic E-state index is 6.24. The number of hydrogen-bond acceptors (Lipinski definition) is 4. The Labute approximate surface area is 231 Å². The third-order valence-electron chi connectivity index (χ3n) is 7.23. The van der Waals surface area contributed by atoms with E-state index in [9.17, 15) is 0 Å². The SMILES string of the molecule is COc1cc(CCC2=[N+](C)CCc3cc(OC)c(OCc4ccccc4)cc32)ccc1OCc1ccccc1. The van der Waals surface area contributed by atoms with Crippen molar-refractivity contribution in [2.45, 2.75) is 32.5 Å². The number of methoxy groups -OCH3 is 2. The van der Waals surface area contributed by atoms with Crippen LogP contribution in [0.4, 0.5) is 0 Å². The van der Waals surface area contributed by atoms with Crippen LogP contribution >= 0.6 is 0 Å². The van der Waals surface area contributed by atoms with E-state index in [0.29, 0.717) is 13.2 Å². The van der Waals surface area contributed by atoms with E-state index in [-0.39, 0.29) is 0 Å². The summed E-state index contributed by atoms with van der Waals surface area (Å²) in [4.78, 5) is 0. The van der Waals surface area contributed by atoms with Gasteiger partial charge in [0.1, 0.15) is 26.8 Å². The maximum Gasteiger partial charge on any atom is 0.183 e. The number of aryl methyl sites for hydroxylation is 1. The number of ether oxygens (including phenoxy) is 4. The number of rotatable bonds is 11. The lowest BCUT2D eigenvalue weighted by Gasteiger charge is -2.20. The van der Waals surface area contributed by atoms with Crippen molar-refractivity contribution < 1.29 is 23.5 Å². The number of nitrogens with zero attached hydrogens (tertiary/aromatic N) is 1. The molecule has 1 heterocycles. The molecule has 0 bridgehead atoms. The van der Waals surface area contributed by atoms with Gasteiger partial charge >= 0.3 is 0 Å². The Hall–Kier alpha value is -4.25. The van der Waals surface area contributed by atoms with Crippen molar-refractivity contribution in [3.05, 3.63) is 119 Å². The normalized spacial score (nSPS) is 12.6. The third kappa shape index (κ3) is 6.43. The van der Waals surface area contributed by atoms with Crippen LogP contribution in [0.25, 0.3) is 0 Å². The minimum atomic E-state index is 0.500. The standard InChI is InChI=1S/C34H36NO4/c1-35-19-18-28-21-33(37-3)34(39-24-27-12-8-5-9-13-27)22-29(28)30(35)16-14-25-15-17-31(32(20-25)36-2)38-23-26-10-6-4-7-11-26/h4-13,15,17,20-22H,14,16,18-19,23-24H2,1-3H3/q+1. The zero-order chi connectivity index (χ0) is 27.0. The highest BCUT2D eigenvalue weighted by molar-refractivity contribution is 5.99. The molecule has 0 amide bonds. The van der Waals surface area contributed by atoms with Crippen LogP contribution in [-0.2, 0) is 26.1 Å². The molecule has 5 heteroatoms. The summed E-state index contributed by atoms with van der Waals surface area (Å²) in [6.45, 7) is 1.99. The first-order valence-electron chi connectivity index (χ1n) is 13.4. The topological polar surface area (TPSA) is 39.9 Å². The summed E-state index contributed by atoms with van der Waals surface area (Å²) in [5.41, 5.74) is 7.32. The summed E-state index contributed by atoms with van der Waals surface area (Å²) in [6.07, 6.45) is 2.77. The van der Waals surface area contributed by atoms with E-state index in [1.165, 1.54) is 22.4 Å². The van der Waals surface area contributed by atoms with Gasteiger partial charge in [0.25, 0.3) is 0 Å². The van der Waals surface area contributed by atoms with E-state index < -0.39 is 0 Å². The third-order valence-corrected chi connectivity index (χ3v) is 7.23. The fraction of sp³-hybridized carbons (Fsp3) is 0.265. The lowest BCUT2D eigenvalue weighted by molar-refractivity contribution is -0.499. The number of likely N-dealkylation sites (N-methyl/N-ethyl adjacent to an activating group) is 1. The molecule has 0 N–H and O–H groups in total. The minimum Gasteiger partial charge on any atom is -0.493 e. The van der Waals surface area contributed by atoms with Gasteiger partial charge in [0.05, 0.1) is 14.2 Å². The van der Waals surface area contributed by atoms with Gasteiger partial charge in [-0.2, -0.15) is 0 Å². The Morgan fingerprint density at radius 1 is 0.615 bits per heavy atom. The molecular weight excluding hydrogens is 486 g/mol. The molecule has 0 aromatic heterocycles. The minimum absolute atomic E-state index is 0.500. The largest absolute Gasteiger partial charge is 0.493 e. The van der Waals surface area contributed by atoms with Crippen LogP contribution in [0, 0.1) is 0 Å². The zero-order valence-electron chi connectivity index (χ0n) is 23.0. The highest BCUT2D eigenvalue weighted by atomic mass is 16.5. The molecule has 4 aromatic carbocycles. The molecule has 0 radical (unpaired) electrons. The molecule has 0 saturated carbocycles. The summed E-state index contributed by atoms with van der Waals surface area (Å²) in [7, 11) is 5.57. The van der Waals surface area contributed by atoms with Crippen molar-refractivity contribution in [2.75, 3.05) is 27.8 Å². The summed E-state index contributed by atoms with van der Waals surface area (Å²) in [5, 5.41) is 0. The summed E-state index contributed by atoms with van der Waals surface area (Å²) in [5.74, 6) is 3.07. The van der Waals surface area contributed by atoms with Crippen LogP contribution in [0.3, 0.4) is 0 Å². The summed E-state index contributed by atoms with van der Waals surface area (Å²) < 4.78 is 26.0. The first-order chi connectivity index (χ1) is 19.1. The van der Waals surface area contributed by atoms with Crippen molar-refractivity contribution in [1.82, 2.24) is 0 Å². The van der Waals surface area contributed by atoms with E-state index in [0.717, 1.165) is 59.9 Å². The Morgan fingerprint density at radius 2 is 1.23 bits per heavy atom. The van der Waals surface area contributed by atoms with E-state index in [4.69, 9.17) is 18.9 Å². The van der Waals surface area contributed by atoms with E-state index in [1.54, 1.807) is 14.2 Å². The predicted octanol–water partition coefficient (Wildman–Crippen LogP) is 6.48. The first kappa shape index (κ1) is 26.4. The molecule has 0 spiro atoms. The van der Waals surface area contributed by atoms with E-state index >= 15 is 0 Å². The average Bonchev–Trinajstić information content (AvgIpc) is 2.99. The fourth-order valence-corrected chi connectivity index (χ4v) is 5.02. The number of fused-ring (bicyclic) bond motifs is 1. The molecule has 0 aliphatic carbocycles. The molecule has 1 aliphatic rings. The average molecular weight is 523 g/mol. The van der Waals surface area contributed by atoms with Gasteiger partial charge in [-0.15, -0.1) is 0 Å². The van der Waals surface area contributed by atoms with Crippen LogP contribution in [0.5, 0.6) is 23.0 Å². The second-order valence-electron chi connectivity index (χ2n) is 9.81. The highest BCUT2D eigenvalue weighted by Crippen LogP contribution is 2.34. The Kier molecular flexibility index (Phi) is 8.47. The van der Waals surface area contributed by atoms with Gasteiger partial charge in [-0.25, -0.2) is 4.58 Å². The predicted molar refractivity (Wildman–Crippen MR) is 155 cm³/mol. The smallest absolute Gasteiger partial charge is 0.183 e. The quantitative estimate of drug-likeness (QED) is 0.211. The Morgan fingerprint density at radius 3 is 1.87 bits per heavy atom. The molecule has 200 valence electrons. The second kappa shape index (κ2) is 12.5. The van der Waals surface area contributed by atoms with Gasteiger partial charge in [0.2, 0.25) is 0 Å². The monoisotopic (exact) mass is 522 g/mol. The van der Waals surface area contributed by atoms with Crippen molar-refractivity contribution >= 4 is 5.71 Å². The van der Waals surface area contributed by atoms with Crippen LogP contribution in [0.15, 0.2) is 91.0 Å². The lowest BCUT2D eigenvalue weighted by atomic mass is 9.92. The molecule has 0 fully saturated rings. The van der Waals surface area contributed by atoms with Crippen molar-refractivity contribution in [1.29, 1.82) is 0 Å². The molecule has 5 rings (SSSR count). The maximum absolute atomic E-state index is 6.24. The molecule has 4 aromatic rings. The molecular formula is C34H36NO4+. The fourth-order valence-electron chi connectivity index (χ4n) is 5.02.